The topological polar surface area (TPSA) is 52.7 Å². The number of hydrogen-bond donors (Lipinski definition) is 3. The van der Waals surface area contributed by atoms with Crippen LogP contribution in [0.15, 0.2) is 48.5 Å². The van der Waals surface area contributed by atoms with Gasteiger partial charge in [0.15, 0.2) is 5.11 Å². The monoisotopic (exact) mass is 330 g/mol. The molecule has 1 aromatic heterocycles. The van der Waals surface area contributed by atoms with Gasteiger partial charge in [-0.25, -0.2) is 4.98 Å². The Morgan fingerprint density at radius 2 is 2.05 bits per heavy atom. The number of nitrogens with zero attached hydrogens (tertiary/aromatic N) is 1. The van der Waals surface area contributed by atoms with Gasteiger partial charge in [0.1, 0.15) is 0 Å². The maximum Gasteiger partial charge on any atom is 0.207 e. The Hall–Kier alpha value is -2.11. The average Bonchev–Trinajstić information content (AvgIpc) is 2.89. The van der Waals surface area contributed by atoms with Crippen molar-refractivity contribution in [3.05, 3.63) is 59.1 Å². The summed E-state index contributed by atoms with van der Waals surface area (Å²) in [5, 5.41) is 7.51. The molecule has 0 fully saturated rings. The van der Waals surface area contributed by atoms with Gasteiger partial charge in [-0.15, -0.1) is 0 Å². The normalized spacial score (nSPS) is 10.6. The summed E-state index contributed by atoms with van der Waals surface area (Å²) in [7, 11) is 0. The molecule has 0 aliphatic carbocycles. The van der Waals surface area contributed by atoms with Crippen LogP contribution in [0.3, 0.4) is 0 Å². The third-order valence-electron chi connectivity index (χ3n) is 3.21. The van der Waals surface area contributed by atoms with Crippen LogP contribution in [0.1, 0.15) is 5.56 Å². The quantitative estimate of drug-likeness (QED) is 0.638. The number of thiocarbonyl (C=S) groups is 1. The predicted molar refractivity (Wildman–Crippen MR) is 95.5 cm³/mol. The smallest absolute Gasteiger partial charge is 0.207 e. The predicted octanol–water partition coefficient (Wildman–Crippen LogP) is 3.75. The van der Waals surface area contributed by atoms with Gasteiger partial charge in [0.05, 0.1) is 11.0 Å². The fourth-order valence-electron chi connectivity index (χ4n) is 2.18. The SMILES string of the molecule is S=C(NCCc1cccc(Cl)c1)Nc1nc2ccccc2[nH]1. The lowest BCUT2D eigenvalue weighted by molar-refractivity contribution is 0.872. The molecule has 0 radical (unpaired) electrons. The summed E-state index contributed by atoms with van der Waals surface area (Å²) in [4.78, 5) is 7.59. The number of imidazole rings is 1. The van der Waals surface area contributed by atoms with Gasteiger partial charge in [0.2, 0.25) is 5.95 Å². The molecule has 0 saturated heterocycles. The molecule has 0 aliphatic heterocycles. The van der Waals surface area contributed by atoms with Crippen molar-refractivity contribution in [3.63, 3.8) is 0 Å². The van der Waals surface area contributed by atoms with Crippen molar-refractivity contribution in [2.45, 2.75) is 6.42 Å². The molecule has 112 valence electrons. The van der Waals surface area contributed by atoms with Crippen LogP contribution >= 0.6 is 23.8 Å². The molecular weight excluding hydrogens is 316 g/mol. The van der Waals surface area contributed by atoms with E-state index in [1.165, 1.54) is 5.56 Å². The van der Waals surface area contributed by atoms with E-state index in [0.717, 1.165) is 29.0 Å². The third kappa shape index (κ3) is 3.75. The number of benzene rings is 2. The molecule has 6 heteroatoms. The van der Waals surface area contributed by atoms with Crippen molar-refractivity contribution in [2.75, 3.05) is 11.9 Å². The van der Waals surface area contributed by atoms with E-state index in [1.54, 1.807) is 0 Å². The standard InChI is InChI=1S/C16H15ClN4S/c17-12-5-3-4-11(10-12)8-9-18-16(22)21-15-19-13-6-1-2-7-14(13)20-15/h1-7,10H,8-9H2,(H3,18,19,20,21,22). The number of fused-ring (bicyclic) bond motifs is 1. The Kier molecular flexibility index (Phi) is 4.56. The molecule has 1 heterocycles. The van der Waals surface area contributed by atoms with Gasteiger partial charge in [-0.05, 0) is 48.5 Å². The zero-order valence-corrected chi connectivity index (χ0v) is 13.3. The lowest BCUT2D eigenvalue weighted by atomic mass is 10.1. The molecule has 2 aromatic carbocycles. The first-order valence-electron chi connectivity index (χ1n) is 6.95. The largest absolute Gasteiger partial charge is 0.362 e. The Morgan fingerprint density at radius 3 is 2.86 bits per heavy atom. The first kappa shape index (κ1) is 14.8. The molecule has 0 bridgehead atoms. The van der Waals surface area contributed by atoms with Crippen molar-refractivity contribution in [3.8, 4) is 0 Å². The number of rotatable bonds is 4. The maximum atomic E-state index is 5.96. The number of halogens is 1. The first-order chi connectivity index (χ1) is 10.7. The maximum absolute atomic E-state index is 5.96. The average molecular weight is 331 g/mol. The highest BCUT2D eigenvalue weighted by molar-refractivity contribution is 7.80. The second-order valence-corrected chi connectivity index (χ2v) is 5.71. The van der Waals surface area contributed by atoms with Crippen molar-refractivity contribution < 1.29 is 0 Å². The lowest BCUT2D eigenvalue weighted by Gasteiger charge is -2.08. The van der Waals surface area contributed by atoms with Crippen LogP contribution in [0.5, 0.6) is 0 Å². The zero-order chi connectivity index (χ0) is 15.4. The fourth-order valence-corrected chi connectivity index (χ4v) is 2.59. The minimum absolute atomic E-state index is 0.543. The minimum Gasteiger partial charge on any atom is -0.362 e. The zero-order valence-electron chi connectivity index (χ0n) is 11.8. The van der Waals surface area contributed by atoms with Gasteiger partial charge in [-0.1, -0.05) is 35.9 Å². The Bertz CT molecular complexity index is 766. The van der Waals surface area contributed by atoms with E-state index in [2.05, 4.69) is 20.6 Å². The lowest BCUT2D eigenvalue weighted by Crippen LogP contribution is -2.30. The molecule has 0 atom stereocenters. The summed E-state index contributed by atoms with van der Waals surface area (Å²) in [5.74, 6) is 0.640. The second-order valence-electron chi connectivity index (χ2n) is 4.86. The van der Waals surface area contributed by atoms with Crippen molar-refractivity contribution in [1.82, 2.24) is 15.3 Å². The van der Waals surface area contributed by atoms with E-state index >= 15 is 0 Å². The molecule has 22 heavy (non-hydrogen) atoms. The Morgan fingerprint density at radius 1 is 1.18 bits per heavy atom. The van der Waals surface area contributed by atoms with Crippen LogP contribution in [0.4, 0.5) is 5.95 Å². The van der Waals surface area contributed by atoms with Gasteiger partial charge in [0.25, 0.3) is 0 Å². The fraction of sp³-hybridized carbons (Fsp3) is 0.125. The van der Waals surface area contributed by atoms with Crippen molar-refractivity contribution in [1.29, 1.82) is 0 Å². The van der Waals surface area contributed by atoms with Crippen LogP contribution in [0.25, 0.3) is 11.0 Å². The van der Waals surface area contributed by atoms with Crippen LogP contribution < -0.4 is 10.6 Å². The van der Waals surface area contributed by atoms with Crippen molar-refractivity contribution in [2.24, 2.45) is 0 Å². The van der Waals surface area contributed by atoms with E-state index < -0.39 is 0 Å². The van der Waals surface area contributed by atoms with Gasteiger partial charge >= 0.3 is 0 Å². The van der Waals surface area contributed by atoms with Crippen LogP contribution in [0, 0.1) is 0 Å². The molecule has 0 unspecified atom stereocenters. The van der Waals surface area contributed by atoms with Gasteiger partial charge in [0, 0.05) is 11.6 Å². The van der Waals surface area contributed by atoms with E-state index in [1.807, 2.05) is 48.5 Å². The van der Waals surface area contributed by atoms with Gasteiger partial charge in [-0.2, -0.15) is 0 Å². The first-order valence-corrected chi connectivity index (χ1v) is 7.73. The molecule has 3 N–H and O–H groups in total. The molecule has 0 amide bonds. The number of nitrogens with one attached hydrogen (secondary N) is 3. The number of aromatic amines is 1. The number of hydrogen-bond acceptors (Lipinski definition) is 2. The van der Waals surface area contributed by atoms with Crippen LogP contribution in [-0.2, 0) is 6.42 Å². The van der Waals surface area contributed by atoms with E-state index in [-0.39, 0.29) is 0 Å². The number of para-hydroxylation sites is 2. The molecule has 0 saturated carbocycles. The molecule has 0 spiro atoms. The molecule has 3 rings (SSSR count). The van der Waals surface area contributed by atoms with Crippen LogP contribution in [0.2, 0.25) is 5.02 Å². The highest BCUT2D eigenvalue weighted by Crippen LogP contribution is 2.13. The third-order valence-corrected chi connectivity index (χ3v) is 3.69. The summed E-state index contributed by atoms with van der Waals surface area (Å²) in [6.07, 6.45) is 0.850. The summed E-state index contributed by atoms with van der Waals surface area (Å²) in [5.41, 5.74) is 3.06. The summed E-state index contributed by atoms with van der Waals surface area (Å²) in [6.45, 7) is 0.729. The van der Waals surface area contributed by atoms with Crippen LogP contribution in [-0.4, -0.2) is 21.6 Å². The van der Waals surface area contributed by atoms with Gasteiger partial charge in [-0.3, -0.25) is 0 Å². The highest BCUT2D eigenvalue weighted by Gasteiger charge is 2.03. The second kappa shape index (κ2) is 6.77. The van der Waals surface area contributed by atoms with Crippen molar-refractivity contribution >= 4 is 45.9 Å². The van der Waals surface area contributed by atoms with E-state index in [0.29, 0.717) is 11.1 Å². The molecular formula is C16H15ClN4S. The number of H-pyrrole nitrogens is 1. The molecule has 4 nitrogen and oxygen atoms in total. The molecule has 0 aliphatic rings. The summed E-state index contributed by atoms with van der Waals surface area (Å²) >= 11 is 11.2. The minimum atomic E-state index is 0.543. The van der Waals surface area contributed by atoms with Gasteiger partial charge < -0.3 is 15.6 Å². The Labute approximate surface area is 138 Å². The molecule has 3 aromatic rings. The highest BCUT2D eigenvalue weighted by atomic mass is 35.5. The van der Waals surface area contributed by atoms with E-state index in [4.69, 9.17) is 23.8 Å². The Balaban J connectivity index is 1.52. The summed E-state index contributed by atoms with van der Waals surface area (Å²) < 4.78 is 0. The number of aromatic nitrogens is 2. The number of anilines is 1. The summed E-state index contributed by atoms with van der Waals surface area (Å²) in [6, 6.07) is 15.7. The van der Waals surface area contributed by atoms with E-state index in [9.17, 15) is 0 Å².